The van der Waals surface area contributed by atoms with E-state index in [0.717, 1.165) is 24.4 Å². The van der Waals surface area contributed by atoms with Gasteiger partial charge in [0.15, 0.2) is 5.94 Å². The van der Waals surface area contributed by atoms with Gasteiger partial charge in [-0.1, -0.05) is 22.9 Å². The molecule has 0 spiro atoms. The fourth-order valence-corrected chi connectivity index (χ4v) is 3.40. The van der Waals surface area contributed by atoms with Gasteiger partial charge in [-0.15, -0.1) is 0 Å². The first-order chi connectivity index (χ1) is 10.1. The first-order valence-corrected chi connectivity index (χ1v) is 7.66. The molecule has 0 aliphatic carbocycles. The molecule has 6 nitrogen and oxygen atoms in total. The Balaban J connectivity index is 2.08. The van der Waals surface area contributed by atoms with Crippen LogP contribution in [-0.4, -0.2) is 58.5 Å². The second-order valence-electron chi connectivity index (χ2n) is 4.88. The molecule has 3 rings (SSSR count). The van der Waals surface area contributed by atoms with Crippen molar-refractivity contribution in [3.05, 3.63) is 27.0 Å². The van der Waals surface area contributed by atoms with Gasteiger partial charge in [-0.2, -0.15) is 0 Å². The molecule has 0 atom stereocenters. The molecule has 1 saturated heterocycles. The van der Waals surface area contributed by atoms with Crippen LogP contribution in [0.3, 0.4) is 0 Å². The Kier molecular flexibility index (Phi) is 3.82. The van der Waals surface area contributed by atoms with Crippen LogP contribution in [-0.2, 0) is 4.79 Å². The first-order valence-electron chi connectivity index (χ1n) is 6.47. The summed E-state index contributed by atoms with van der Waals surface area (Å²) >= 11 is 6.82. The Morgan fingerprint density at radius 3 is 2.71 bits per heavy atom. The predicted octanol–water partition coefficient (Wildman–Crippen LogP) is 0.989. The van der Waals surface area contributed by atoms with Crippen molar-refractivity contribution in [2.75, 3.05) is 33.2 Å². The van der Waals surface area contributed by atoms with E-state index < -0.39 is 0 Å². The standard InChI is InChI=1S/C13H13ClN4O2S/c1-16-4-6-17(7-5-16)11(8-19)18-9-2-3-10(14)15-12(9)21-13(18)20/h2-3H,4-7H2,1H3. The predicted molar refractivity (Wildman–Crippen MR) is 83.4 cm³/mol. The normalized spacial score (nSPS) is 16.2. The van der Waals surface area contributed by atoms with Gasteiger partial charge in [0.2, 0.25) is 5.82 Å². The average Bonchev–Trinajstić information content (AvgIpc) is 2.77. The van der Waals surface area contributed by atoms with Crippen LogP contribution in [0, 0.1) is 0 Å². The molecule has 8 heteroatoms. The van der Waals surface area contributed by atoms with Gasteiger partial charge in [0.25, 0.3) is 0 Å². The van der Waals surface area contributed by atoms with E-state index in [0.29, 0.717) is 28.6 Å². The van der Waals surface area contributed by atoms with Gasteiger partial charge < -0.3 is 9.80 Å². The molecule has 0 amide bonds. The summed E-state index contributed by atoms with van der Waals surface area (Å²) in [6.45, 7) is 3.05. The van der Waals surface area contributed by atoms with Gasteiger partial charge in [-0.3, -0.25) is 4.79 Å². The lowest BCUT2D eigenvalue weighted by molar-refractivity contribution is 0.202. The van der Waals surface area contributed by atoms with Crippen LogP contribution in [0.1, 0.15) is 0 Å². The van der Waals surface area contributed by atoms with E-state index in [9.17, 15) is 9.59 Å². The number of hydrogen-bond acceptors (Lipinski definition) is 6. The third-order valence-electron chi connectivity index (χ3n) is 3.52. The SMILES string of the molecule is CN1CCN(C(=C=O)n2c(=O)sc3nc(Cl)ccc32)CC1. The largest absolute Gasteiger partial charge is 0.346 e. The average molecular weight is 325 g/mol. The minimum atomic E-state index is -0.253. The van der Waals surface area contributed by atoms with Gasteiger partial charge >= 0.3 is 4.87 Å². The van der Waals surface area contributed by atoms with Crippen molar-refractivity contribution in [2.24, 2.45) is 0 Å². The van der Waals surface area contributed by atoms with Crippen molar-refractivity contribution >= 4 is 45.0 Å². The number of rotatable bonds is 2. The van der Waals surface area contributed by atoms with Crippen LogP contribution >= 0.6 is 22.9 Å². The zero-order chi connectivity index (χ0) is 15.0. The molecular formula is C13H13ClN4O2S. The monoisotopic (exact) mass is 324 g/mol. The number of likely N-dealkylation sites (N-methyl/N-ethyl adjacent to an activating group) is 1. The molecular weight excluding hydrogens is 312 g/mol. The molecule has 0 radical (unpaired) electrons. The fourth-order valence-electron chi connectivity index (χ4n) is 2.35. The second-order valence-corrected chi connectivity index (χ2v) is 6.20. The van der Waals surface area contributed by atoms with Crippen LogP contribution in [0.2, 0.25) is 5.15 Å². The molecule has 0 N–H and O–H groups in total. The van der Waals surface area contributed by atoms with Crippen molar-refractivity contribution in [1.29, 1.82) is 0 Å². The molecule has 1 aliphatic heterocycles. The smallest absolute Gasteiger partial charge is 0.315 e. The maximum absolute atomic E-state index is 12.2. The third kappa shape index (κ3) is 2.61. The van der Waals surface area contributed by atoms with E-state index in [2.05, 4.69) is 9.88 Å². The summed E-state index contributed by atoms with van der Waals surface area (Å²) in [6.07, 6.45) is 0. The minimum Gasteiger partial charge on any atom is -0.346 e. The molecule has 21 heavy (non-hydrogen) atoms. The van der Waals surface area contributed by atoms with Crippen LogP contribution in [0.4, 0.5) is 0 Å². The highest BCUT2D eigenvalue weighted by Gasteiger charge is 2.22. The van der Waals surface area contributed by atoms with Crippen molar-refractivity contribution in [1.82, 2.24) is 19.4 Å². The van der Waals surface area contributed by atoms with Crippen LogP contribution < -0.4 is 4.87 Å². The summed E-state index contributed by atoms with van der Waals surface area (Å²) in [4.78, 5) is 32.1. The lowest BCUT2D eigenvalue weighted by atomic mass is 10.3. The van der Waals surface area contributed by atoms with E-state index in [4.69, 9.17) is 11.6 Å². The zero-order valence-corrected chi connectivity index (χ0v) is 12.9. The maximum Gasteiger partial charge on any atom is 0.315 e. The number of piperazine rings is 1. The van der Waals surface area contributed by atoms with E-state index in [1.54, 1.807) is 12.1 Å². The lowest BCUT2D eigenvalue weighted by Gasteiger charge is -2.33. The summed E-state index contributed by atoms with van der Waals surface area (Å²) in [7, 11) is 2.03. The Hall–Kier alpha value is -1.66. The summed E-state index contributed by atoms with van der Waals surface area (Å²) in [5, 5.41) is 0.326. The van der Waals surface area contributed by atoms with Crippen LogP contribution in [0.15, 0.2) is 16.9 Å². The number of aromatic nitrogens is 2. The summed E-state index contributed by atoms with van der Waals surface area (Å²) in [5.74, 6) is 2.17. The van der Waals surface area contributed by atoms with Crippen molar-refractivity contribution in [2.45, 2.75) is 0 Å². The summed E-state index contributed by atoms with van der Waals surface area (Å²) < 4.78 is 1.38. The quantitative estimate of drug-likeness (QED) is 0.609. The number of carbonyl (C=O) groups excluding carboxylic acids is 1. The molecule has 2 aromatic rings. The van der Waals surface area contributed by atoms with Gasteiger partial charge in [-0.05, 0) is 19.2 Å². The van der Waals surface area contributed by atoms with E-state index in [1.165, 1.54) is 4.57 Å². The van der Waals surface area contributed by atoms with Crippen molar-refractivity contribution in [3.63, 3.8) is 0 Å². The molecule has 1 aliphatic rings. The molecule has 3 heterocycles. The van der Waals surface area contributed by atoms with Crippen LogP contribution in [0.5, 0.6) is 0 Å². The third-order valence-corrected chi connectivity index (χ3v) is 4.58. The molecule has 1 fully saturated rings. The highest BCUT2D eigenvalue weighted by Crippen LogP contribution is 2.22. The highest BCUT2D eigenvalue weighted by atomic mass is 35.5. The zero-order valence-electron chi connectivity index (χ0n) is 11.4. The number of hydrogen-bond donors (Lipinski definition) is 0. The Morgan fingerprint density at radius 1 is 1.33 bits per heavy atom. The van der Waals surface area contributed by atoms with Gasteiger partial charge in [0, 0.05) is 26.2 Å². The highest BCUT2D eigenvalue weighted by molar-refractivity contribution is 7.16. The number of nitrogens with zero attached hydrogens (tertiary/aromatic N) is 4. The first kappa shape index (κ1) is 14.3. The lowest BCUT2D eigenvalue weighted by Crippen LogP contribution is -2.45. The van der Waals surface area contributed by atoms with Crippen molar-refractivity contribution < 1.29 is 4.79 Å². The molecule has 0 saturated carbocycles. The number of thiazole rings is 1. The van der Waals surface area contributed by atoms with E-state index in [1.807, 2.05) is 17.9 Å². The molecule has 0 unspecified atom stereocenters. The molecule has 0 bridgehead atoms. The van der Waals surface area contributed by atoms with Crippen LogP contribution in [0.25, 0.3) is 16.2 Å². The van der Waals surface area contributed by atoms with Gasteiger partial charge in [0.1, 0.15) is 9.98 Å². The number of halogens is 1. The Labute approximate surface area is 129 Å². The molecule has 110 valence electrons. The number of fused-ring (bicyclic) bond motifs is 1. The van der Waals surface area contributed by atoms with E-state index in [-0.39, 0.29) is 10.7 Å². The maximum atomic E-state index is 12.2. The van der Waals surface area contributed by atoms with Gasteiger partial charge in [0.05, 0.1) is 5.52 Å². The molecule has 0 aromatic carbocycles. The second kappa shape index (κ2) is 5.61. The summed E-state index contributed by atoms with van der Waals surface area (Å²) in [5.41, 5.74) is 0.590. The molecule has 2 aromatic heterocycles. The van der Waals surface area contributed by atoms with Gasteiger partial charge in [-0.25, -0.2) is 14.3 Å². The topological polar surface area (TPSA) is 58.4 Å². The van der Waals surface area contributed by atoms with Crippen molar-refractivity contribution in [3.8, 4) is 0 Å². The minimum absolute atomic E-state index is 0.253. The summed E-state index contributed by atoms with van der Waals surface area (Å²) in [6, 6.07) is 3.31. The number of pyridine rings is 1. The Morgan fingerprint density at radius 2 is 2.05 bits per heavy atom. The Bertz CT molecular complexity index is 785. The fraction of sp³-hybridized carbons (Fsp3) is 0.385. The van der Waals surface area contributed by atoms with E-state index >= 15 is 0 Å².